The van der Waals surface area contributed by atoms with E-state index in [-0.39, 0.29) is 31.0 Å². The van der Waals surface area contributed by atoms with E-state index in [9.17, 15) is 27.0 Å². The van der Waals surface area contributed by atoms with E-state index in [2.05, 4.69) is 61.8 Å². The van der Waals surface area contributed by atoms with E-state index in [0.717, 1.165) is 79.8 Å². The van der Waals surface area contributed by atoms with Gasteiger partial charge in [-0.3, -0.25) is 9.58 Å². The lowest BCUT2D eigenvalue weighted by atomic mass is 9.88. The molecule has 2 unspecified atom stereocenters. The van der Waals surface area contributed by atoms with E-state index in [1.165, 1.54) is 16.0 Å². The van der Waals surface area contributed by atoms with Crippen LogP contribution in [0.1, 0.15) is 68.1 Å². The van der Waals surface area contributed by atoms with Crippen molar-refractivity contribution < 1.29 is 27.0 Å². The fourth-order valence-corrected chi connectivity index (χ4v) is 8.93. The lowest BCUT2D eigenvalue weighted by Crippen LogP contribution is -2.40. The summed E-state index contributed by atoms with van der Waals surface area (Å²) in [6.45, 7) is 6.66. The summed E-state index contributed by atoms with van der Waals surface area (Å²) in [6.07, 6.45) is 3.51. The van der Waals surface area contributed by atoms with Crippen LogP contribution in [0, 0.1) is 5.92 Å². The molecular weight excluding hydrogens is 732 g/mol. The quantitative estimate of drug-likeness (QED) is 0.146. The Morgan fingerprint density at radius 1 is 1.05 bits per heavy atom. The highest BCUT2D eigenvalue weighted by molar-refractivity contribution is 7.82. The molecule has 0 spiro atoms. The largest absolute Gasteiger partial charge is 0.419 e. The maximum atomic E-state index is 13.6. The molecule has 2 aliphatic heterocycles. The lowest BCUT2D eigenvalue weighted by molar-refractivity contribution is -0.138. The van der Waals surface area contributed by atoms with Gasteiger partial charge in [-0.2, -0.15) is 18.3 Å². The van der Waals surface area contributed by atoms with Crippen LogP contribution in [0.15, 0.2) is 59.8 Å². The summed E-state index contributed by atoms with van der Waals surface area (Å²) in [5.74, 6) is 1.60. The zero-order valence-electron chi connectivity index (χ0n) is 31.6. The van der Waals surface area contributed by atoms with Gasteiger partial charge in [-0.15, -0.1) is 0 Å². The third-order valence-electron chi connectivity index (χ3n) is 10.8. The molecule has 2 aromatic heterocycles. The first-order valence-electron chi connectivity index (χ1n) is 19.0. The molecule has 0 saturated carbocycles. The molecule has 2 amide bonds. The number of fused-ring (bicyclic) bond motifs is 1. The van der Waals surface area contributed by atoms with Crippen LogP contribution in [0.3, 0.4) is 0 Å². The normalized spacial score (nSPS) is 17.6. The molecule has 0 radical (unpaired) electrons. The SMILES string of the molecule is CCC(Cc1cccc(S(=O)N2CCC(Nc3ncc(C(F)(F)F)cn3)CC2)c1)CN1CCC(c2ccc3c(N(CCC=O)C(=O)NC)nn(C)c3c2)CC1. The summed E-state index contributed by atoms with van der Waals surface area (Å²) < 4.78 is 55.9. The van der Waals surface area contributed by atoms with Gasteiger partial charge in [0.05, 0.1) is 16.0 Å². The number of urea groups is 1. The van der Waals surface area contributed by atoms with E-state index in [1.807, 2.05) is 34.2 Å². The molecule has 12 nitrogen and oxygen atoms in total. The molecule has 16 heteroatoms. The number of carbonyl (C=O) groups is 2. The molecule has 4 heterocycles. The zero-order valence-corrected chi connectivity index (χ0v) is 32.4. The molecule has 2 fully saturated rings. The number of nitrogens with zero attached hydrogens (tertiary/aromatic N) is 7. The number of likely N-dealkylation sites (tertiary alicyclic amines) is 1. The third-order valence-corrected chi connectivity index (χ3v) is 12.3. The number of nitrogens with one attached hydrogen (secondary N) is 2. The second-order valence-electron chi connectivity index (χ2n) is 14.5. The van der Waals surface area contributed by atoms with Crippen molar-refractivity contribution in [3.8, 4) is 0 Å². The molecule has 2 saturated heterocycles. The Labute approximate surface area is 322 Å². The van der Waals surface area contributed by atoms with Crippen molar-refractivity contribution in [2.45, 2.75) is 74.9 Å². The number of aldehydes is 1. The van der Waals surface area contributed by atoms with Gasteiger partial charge in [0, 0.05) is 70.5 Å². The minimum atomic E-state index is -4.48. The van der Waals surface area contributed by atoms with Crippen molar-refractivity contribution in [1.82, 2.24) is 34.3 Å². The molecule has 0 aliphatic carbocycles. The van der Waals surface area contributed by atoms with E-state index < -0.39 is 22.7 Å². The number of aromatic nitrogens is 4. The monoisotopic (exact) mass is 781 g/mol. The van der Waals surface area contributed by atoms with Crippen molar-refractivity contribution in [1.29, 1.82) is 0 Å². The first kappa shape index (κ1) is 40.3. The van der Waals surface area contributed by atoms with Crippen molar-refractivity contribution in [3.05, 3.63) is 71.5 Å². The highest BCUT2D eigenvalue weighted by Crippen LogP contribution is 2.34. The molecule has 2 N–H and O–H groups in total. The number of aryl methyl sites for hydroxylation is 1. The summed E-state index contributed by atoms with van der Waals surface area (Å²) in [5.41, 5.74) is 2.52. The number of piperidine rings is 2. The number of carbonyl (C=O) groups excluding carboxylic acids is 2. The molecule has 2 aromatic carbocycles. The first-order chi connectivity index (χ1) is 26.5. The highest BCUT2D eigenvalue weighted by Gasteiger charge is 2.32. The molecule has 55 heavy (non-hydrogen) atoms. The van der Waals surface area contributed by atoms with Crippen molar-refractivity contribution in [3.63, 3.8) is 0 Å². The van der Waals surface area contributed by atoms with E-state index in [0.29, 0.717) is 43.6 Å². The average molecular weight is 782 g/mol. The molecule has 0 bridgehead atoms. The summed E-state index contributed by atoms with van der Waals surface area (Å²) in [4.78, 5) is 36.2. The van der Waals surface area contributed by atoms with Crippen LogP contribution in [0.25, 0.3) is 10.9 Å². The minimum absolute atomic E-state index is 0.0158. The molecule has 6 rings (SSSR count). The number of hydrogen-bond acceptors (Lipinski definition) is 8. The van der Waals surface area contributed by atoms with Crippen molar-refractivity contribution in [2.75, 3.05) is 56.5 Å². The van der Waals surface area contributed by atoms with Gasteiger partial charge in [-0.1, -0.05) is 31.5 Å². The fraction of sp³-hybridized carbons (Fsp3) is 0.513. The Hall–Kier alpha value is -4.41. The van der Waals surface area contributed by atoms with Crippen molar-refractivity contribution >= 4 is 46.0 Å². The Bertz CT molecular complexity index is 1940. The van der Waals surface area contributed by atoms with Gasteiger partial charge in [-0.25, -0.2) is 23.3 Å². The number of anilines is 2. The smallest absolute Gasteiger partial charge is 0.351 e. The topological polar surface area (TPSA) is 129 Å². The first-order valence-corrected chi connectivity index (χ1v) is 20.1. The summed E-state index contributed by atoms with van der Waals surface area (Å²) in [7, 11) is 2.14. The van der Waals surface area contributed by atoms with Crippen LogP contribution in [0.4, 0.5) is 29.7 Å². The zero-order chi connectivity index (χ0) is 39.1. The van der Waals surface area contributed by atoms with Gasteiger partial charge in [0.2, 0.25) is 5.95 Å². The van der Waals surface area contributed by atoms with E-state index in [4.69, 9.17) is 0 Å². The Kier molecular flexibility index (Phi) is 13.2. The molecule has 4 aromatic rings. The van der Waals surface area contributed by atoms with E-state index >= 15 is 0 Å². The van der Waals surface area contributed by atoms with Crippen LogP contribution in [-0.2, 0) is 35.4 Å². The van der Waals surface area contributed by atoms with Gasteiger partial charge < -0.3 is 20.3 Å². The average Bonchev–Trinajstić information content (AvgIpc) is 3.52. The van der Waals surface area contributed by atoms with E-state index in [1.54, 1.807) is 7.05 Å². The number of hydrogen-bond donors (Lipinski definition) is 2. The maximum absolute atomic E-state index is 13.6. The highest BCUT2D eigenvalue weighted by atomic mass is 32.2. The third kappa shape index (κ3) is 9.89. The second kappa shape index (κ2) is 18.0. The van der Waals surface area contributed by atoms with Gasteiger partial charge in [0.25, 0.3) is 0 Å². The summed E-state index contributed by atoms with van der Waals surface area (Å²) >= 11 is 0. The minimum Gasteiger partial charge on any atom is -0.351 e. The number of alkyl halides is 3. The number of benzene rings is 2. The summed E-state index contributed by atoms with van der Waals surface area (Å²) in [5, 5.41) is 11.3. The van der Waals surface area contributed by atoms with Gasteiger partial charge in [0.1, 0.15) is 17.3 Å². The van der Waals surface area contributed by atoms with Crippen LogP contribution < -0.4 is 15.5 Å². The predicted octanol–water partition coefficient (Wildman–Crippen LogP) is 6.16. The van der Waals surface area contributed by atoms with Gasteiger partial charge >= 0.3 is 12.2 Å². The van der Waals surface area contributed by atoms with Crippen LogP contribution >= 0.6 is 0 Å². The molecule has 2 aliphatic rings. The standard InChI is InChI=1S/C39H50F3N9O3S/c1-4-27(21-28-7-5-8-33(22-28)55(54)50-18-13-32(14-19-50)46-37-44-24-31(25-45-37)39(40,41)42)26-49-16-11-29(12-17-49)30-9-10-34-35(23-30)48(3)47-36(34)51(15-6-20-52)38(53)43-2/h5,7-10,20,22-25,27,29,32H,4,6,11-19,21,26H2,1-3H3,(H,43,53)(H,44,45,46). The predicted molar refractivity (Wildman–Crippen MR) is 207 cm³/mol. The van der Waals surface area contributed by atoms with Crippen LogP contribution in [0.2, 0.25) is 0 Å². The van der Waals surface area contributed by atoms with Crippen molar-refractivity contribution in [2.24, 2.45) is 13.0 Å². The Morgan fingerprint density at radius 3 is 2.44 bits per heavy atom. The number of halogens is 3. The lowest BCUT2D eigenvalue weighted by Gasteiger charge is -2.34. The number of rotatable bonds is 14. The van der Waals surface area contributed by atoms with Crippen LogP contribution in [0.5, 0.6) is 0 Å². The van der Waals surface area contributed by atoms with Gasteiger partial charge in [-0.05, 0) is 92.4 Å². The van der Waals surface area contributed by atoms with Gasteiger partial charge in [0.15, 0.2) is 5.82 Å². The number of amides is 2. The molecule has 296 valence electrons. The molecule has 2 atom stereocenters. The summed E-state index contributed by atoms with van der Waals surface area (Å²) in [6, 6.07) is 14.2. The molecular formula is C39H50F3N9O3S. The fourth-order valence-electron chi connectivity index (χ4n) is 7.64. The maximum Gasteiger partial charge on any atom is 0.419 e. The second-order valence-corrected chi connectivity index (χ2v) is 16.0. The van der Waals surface area contributed by atoms with Crippen LogP contribution in [-0.4, -0.2) is 97.8 Å². The Morgan fingerprint density at radius 2 is 1.78 bits per heavy atom. The Balaban J connectivity index is 0.992.